The van der Waals surface area contributed by atoms with Crippen LogP contribution < -0.4 is 0 Å². The van der Waals surface area contributed by atoms with Crippen LogP contribution in [0.5, 0.6) is 0 Å². The van der Waals surface area contributed by atoms with Gasteiger partial charge in [-0.15, -0.1) is 11.3 Å². The van der Waals surface area contributed by atoms with E-state index < -0.39 is 5.97 Å². The summed E-state index contributed by atoms with van der Waals surface area (Å²) >= 11 is 1.48. The van der Waals surface area contributed by atoms with Gasteiger partial charge < -0.3 is 10.0 Å². The van der Waals surface area contributed by atoms with Crippen LogP contribution in [-0.4, -0.2) is 35.0 Å². The molecule has 0 saturated heterocycles. The lowest BCUT2D eigenvalue weighted by molar-refractivity contribution is -0.146. The number of carboxylic acid groups (broad SMARTS) is 1. The van der Waals surface area contributed by atoms with Crippen LogP contribution in [0.3, 0.4) is 0 Å². The Morgan fingerprint density at radius 3 is 2.53 bits per heavy atom. The van der Waals surface area contributed by atoms with E-state index in [1.807, 2.05) is 19.1 Å². The van der Waals surface area contributed by atoms with E-state index in [2.05, 4.69) is 0 Å². The van der Waals surface area contributed by atoms with Crippen molar-refractivity contribution >= 4 is 23.2 Å². The number of hydrogen-bond donors (Lipinski definition) is 1. The number of carboxylic acids is 1. The lowest BCUT2D eigenvalue weighted by Crippen LogP contribution is -2.47. The third kappa shape index (κ3) is 2.34. The first-order chi connectivity index (χ1) is 7.99. The molecule has 4 nitrogen and oxygen atoms in total. The molecule has 5 heteroatoms. The summed E-state index contributed by atoms with van der Waals surface area (Å²) in [7, 11) is 1.75. The Morgan fingerprint density at radius 2 is 2.06 bits per heavy atom. The Morgan fingerprint density at radius 1 is 1.41 bits per heavy atom. The number of carbonyl (C=O) groups is 2. The van der Waals surface area contributed by atoms with E-state index in [0.717, 1.165) is 9.75 Å². The van der Waals surface area contributed by atoms with Gasteiger partial charge in [0, 0.05) is 18.0 Å². The monoisotopic (exact) mass is 253 g/mol. The van der Waals surface area contributed by atoms with Crippen LogP contribution in [0.4, 0.5) is 0 Å². The van der Waals surface area contributed by atoms with Crippen LogP contribution in [-0.2, 0) is 4.79 Å². The van der Waals surface area contributed by atoms with Gasteiger partial charge in [0.05, 0.1) is 10.8 Å². The summed E-state index contributed by atoms with van der Waals surface area (Å²) in [6, 6.07) is 3.82. The van der Waals surface area contributed by atoms with Crippen LogP contribution in [0.25, 0.3) is 0 Å². The molecule has 0 unspecified atom stereocenters. The molecule has 0 atom stereocenters. The number of thiophene rings is 1. The van der Waals surface area contributed by atoms with Crippen LogP contribution in [0.2, 0.25) is 0 Å². The van der Waals surface area contributed by atoms with Gasteiger partial charge in [-0.25, -0.2) is 0 Å². The Kier molecular flexibility index (Phi) is 3.19. The zero-order chi connectivity index (χ0) is 12.6. The highest BCUT2D eigenvalue weighted by molar-refractivity contribution is 7.13. The number of carbonyl (C=O) groups excluding carboxylic acids is 1. The first kappa shape index (κ1) is 12.1. The second-order valence-electron chi connectivity index (χ2n) is 4.49. The fraction of sp³-hybridized carbons (Fsp3) is 0.500. The number of amides is 1. The summed E-state index contributed by atoms with van der Waals surface area (Å²) in [6.45, 7) is 1.96. The van der Waals surface area contributed by atoms with Gasteiger partial charge >= 0.3 is 5.97 Å². The zero-order valence-electron chi connectivity index (χ0n) is 9.84. The van der Waals surface area contributed by atoms with Gasteiger partial charge in [0.1, 0.15) is 0 Å². The molecule has 1 aliphatic carbocycles. The van der Waals surface area contributed by atoms with E-state index >= 15 is 0 Å². The van der Waals surface area contributed by atoms with E-state index in [9.17, 15) is 9.59 Å². The number of aliphatic carboxylic acids is 1. The molecule has 0 radical (unpaired) electrons. The van der Waals surface area contributed by atoms with Crippen LogP contribution in [0.1, 0.15) is 27.4 Å². The van der Waals surface area contributed by atoms with E-state index in [0.29, 0.717) is 12.8 Å². The molecule has 0 aromatic carbocycles. The summed E-state index contributed by atoms with van der Waals surface area (Å²) < 4.78 is 0. The first-order valence-corrected chi connectivity index (χ1v) is 6.37. The van der Waals surface area contributed by atoms with Crippen LogP contribution in [0.15, 0.2) is 12.1 Å². The predicted molar refractivity (Wildman–Crippen MR) is 65.3 cm³/mol. The number of hydrogen-bond acceptors (Lipinski definition) is 3. The molecular formula is C12H15NO3S. The number of aryl methyl sites for hydroxylation is 1. The first-order valence-electron chi connectivity index (χ1n) is 5.55. The summed E-state index contributed by atoms with van der Waals surface area (Å²) in [5, 5.41) is 8.79. The standard InChI is InChI=1S/C12H15NO3S/c1-7-3-4-10(17-7)11(14)13(2)9-5-8(6-9)12(15)16/h3-4,8-9H,5-6H2,1-2H3,(H,15,16). The Bertz CT molecular complexity index is 448. The van der Waals surface area contributed by atoms with Crippen molar-refractivity contribution in [2.24, 2.45) is 5.92 Å². The van der Waals surface area contributed by atoms with Crippen molar-refractivity contribution in [2.75, 3.05) is 7.05 Å². The topological polar surface area (TPSA) is 57.6 Å². The van der Waals surface area contributed by atoms with Gasteiger partial charge in [0.25, 0.3) is 5.91 Å². The smallest absolute Gasteiger partial charge is 0.306 e. The van der Waals surface area contributed by atoms with E-state index in [4.69, 9.17) is 5.11 Å². The molecule has 1 fully saturated rings. The number of nitrogens with zero attached hydrogens (tertiary/aromatic N) is 1. The zero-order valence-corrected chi connectivity index (χ0v) is 10.7. The molecule has 1 N–H and O–H groups in total. The SMILES string of the molecule is Cc1ccc(C(=O)N(C)C2CC(C(=O)O)C2)s1. The van der Waals surface area contributed by atoms with Crippen LogP contribution in [0, 0.1) is 12.8 Å². The van der Waals surface area contributed by atoms with Crippen molar-refractivity contribution in [3.8, 4) is 0 Å². The maximum absolute atomic E-state index is 12.1. The van der Waals surface area contributed by atoms with E-state index in [1.165, 1.54) is 11.3 Å². The molecule has 92 valence electrons. The maximum Gasteiger partial charge on any atom is 0.306 e. The predicted octanol–water partition coefficient (Wildman–Crippen LogP) is 1.99. The van der Waals surface area contributed by atoms with Crippen molar-refractivity contribution < 1.29 is 14.7 Å². The summed E-state index contributed by atoms with van der Waals surface area (Å²) in [5.41, 5.74) is 0. The normalized spacial score (nSPS) is 22.9. The molecule has 1 saturated carbocycles. The second kappa shape index (κ2) is 4.49. The fourth-order valence-electron chi connectivity index (χ4n) is 1.99. The third-order valence-electron chi connectivity index (χ3n) is 3.28. The minimum absolute atomic E-state index is 0.00283. The molecule has 1 aromatic rings. The van der Waals surface area contributed by atoms with E-state index in [-0.39, 0.29) is 17.9 Å². The quantitative estimate of drug-likeness (QED) is 0.896. The molecular weight excluding hydrogens is 238 g/mol. The summed E-state index contributed by atoms with van der Waals surface area (Å²) in [5.74, 6) is -1.04. The van der Waals surface area contributed by atoms with Crippen LogP contribution >= 0.6 is 11.3 Å². The Balaban J connectivity index is 1.95. The van der Waals surface area contributed by atoms with Crippen molar-refractivity contribution in [3.63, 3.8) is 0 Å². The molecule has 17 heavy (non-hydrogen) atoms. The van der Waals surface area contributed by atoms with Gasteiger partial charge in [-0.3, -0.25) is 9.59 Å². The fourth-order valence-corrected chi connectivity index (χ4v) is 2.85. The molecule has 2 rings (SSSR count). The minimum Gasteiger partial charge on any atom is -0.481 e. The molecule has 0 spiro atoms. The van der Waals surface area contributed by atoms with Gasteiger partial charge in [-0.05, 0) is 31.9 Å². The van der Waals surface area contributed by atoms with Crippen molar-refractivity contribution in [1.29, 1.82) is 0 Å². The third-order valence-corrected chi connectivity index (χ3v) is 4.27. The van der Waals surface area contributed by atoms with Gasteiger partial charge in [0.15, 0.2) is 0 Å². The van der Waals surface area contributed by atoms with Gasteiger partial charge in [0.2, 0.25) is 0 Å². The van der Waals surface area contributed by atoms with Gasteiger partial charge in [-0.2, -0.15) is 0 Å². The van der Waals surface area contributed by atoms with Crippen molar-refractivity contribution in [2.45, 2.75) is 25.8 Å². The highest BCUT2D eigenvalue weighted by Gasteiger charge is 2.38. The summed E-state index contributed by atoms with van der Waals surface area (Å²) in [6.07, 6.45) is 1.14. The second-order valence-corrected chi connectivity index (χ2v) is 5.77. The Labute approximate surface area is 104 Å². The molecule has 1 amide bonds. The molecule has 0 bridgehead atoms. The average Bonchev–Trinajstić information content (AvgIpc) is 2.60. The molecule has 1 heterocycles. The minimum atomic E-state index is -0.755. The lowest BCUT2D eigenvalue weighted by Gasteiger charge is -2.38. The van der Waals surface area contributed by atoms with Gasteiger partial charge in [-0.1, -0.05) is 0 Å². The molecule has 1 aromatic heterocycles. The summed E-state index contributed by atoms with van der Waals surface area (Å²) in [4.78, 5) is 26.3. The van der Waals surface area contributed by atoms with Crippen molar-refractivity contribution in [3.05, 3.63) is 21.9 Å². The Hall–Kier alpha value is -1.36. The van der Waals surface area contributed by atoms with E-state index in [1.54, 1.807) is 11.9 Å². The lowest BCUT2D eigenvalue weighted by atomic mass is 9.79. The largest absolute Gasteiger partial charge is 0.481 e. The molecule has 0 aliphatic heterocycles. The molecule has 1 aliphatic rings. The maximum atomic E-state index is 12.1. The highest BCUT2D eigenvalue weighted by atomic mass is 32.1. The number of rotatable bonds is 3. The highest BCUT2D eigenvalue weighted by Crippen LogP contribution is 2.32. The van der Waals surface area contributed by atoms with Crippen molar-refractivity contribution in [1.82, 2.24) is 4.90 Å². The average molecular weight is 253 g/mol.